The van der Waals surface area contributed by atoms with E-state index in [2.05, 4.69) is 65.0 Å². The molecule has 1 atom stereocenters. The molecule has 0 saturated carbocycles. The molecule has 2 aromatic carbocycles. The fourth-order valence-corrected chi connectivity index (χ4v) is 2.66. The Morgan fingerprint density at radius 1 is 0.857 bits per heavy atom. The van der Waals surface area contributed by atoms with Crippen LogP contribution in [0.3, 0.4) is 0 Å². The zero-order valence-electron chi connectivity index (χ0n) is 13.7. The Kier molecular flexibility index (Phi) is 4.69. The molecule has 21 heavy (non-hydrogen) atoms. The van der Waals surface area contributed by atoms with Crippen LogP contribution >= 0.6 is 0 Å². The van der Waals surface area contributed by atoms with Gasteiger partial charge in [0.05, 0.1) is 6.04 Å². The number of hydrogen-bond donors (Lipinski definition) is 1. The molecule has 2 aromatic rings. The minimum atomic E-state index is -0.107. The van der Waals surface area contributed by atoms with Crippen LogP contribution in [-0.2, 0) is 0 Å². The molecule has 0 aliphatic heterocycles. The van der Waals surface area contributed by atoms with E-state index in [1.165, 1.54) is 27.8 Å². The van der Waals surface area contributed by atoms with E-state index < -0.39 is 0 Å². The monoisotopic (exact) mass is 283 g/mol. The minimum absolute atomic E-state index is 0.107. The predicted octanol–water partition coefficient (Wildman–Crippen LogP) is 4.31. The summed E-state index contributed by atoms with van der Waals surface area (Å²) in [5.74, 6) is 0.958. The number of nitrogens with two attached hydrogens (primary N) is 1. The highest BCUT2D eigenvalue weighted by Crippen LogP contribution is 2.26. The lowest BCUT2D eigenvalue weighted by Gasteiger charge is -2.18. The topological polar surface area (TPSA) is 35.2 Å². The normalized spacial score (nSPS) is 12.3. The van der Waals surface area contributed by atoms with Gasteiger partial charge < -0.3 is 10.5 Å². The van der Waals surface area contributed by atoms with E-state index >= 15 is 0 Å². The molecule has 112 valence electrons. The summed E-state index contributed by atoms with van der Waals surface area (Å²) in [6.07, 6.45) is 0. The van der Waals surface area contributed by atoms with Crippen LogP contribution in [0.25, 0.3) is 0 Å². The molecule has 0 heterocycles. The van der Waals surface area contributed by atoms with Crippen molar-refractivity contribution in [1.82, 2.24) is 0 Å². The summed E-state index contributed by atoms with van der Waals surface area (Å²) >= 11 is 0. The fourth-order valence-electron chi connectivity index (χ4n) is 2.66. The van der Waals surface area contributed by atoms with E-state index in [0.717, 1.165) is 11.3 Å². The third-order valence-electron chi connectivity index (χ3n) is 3.97. The highest BCUT2D eigenvalue weighted by molar-refractivity contribution is 5.43. The van der Waals surface area contributed by atoms with Gasteiger partial charge in [0.1, 0.15) is 12.4 Å². The van der Waals surface area contributed by atoms with Crippen LogP contribution in [0.15, 0.2) is 30.3 Å². The van der Waals surface area contributed by atoms with E-state index in [9.17, 15) is 0 Å². The lowest BCUT2D eigenvalue weighted by molar-refractivity contribution is 0.287. The first-order chi connectivity index (χ1) is 9.88. The number of benzene rings is 2. The van der Waals surface area contributed by atoms with Crippen LogP contribution in [0.1, 0.15) is 39.4 Å². The second-order valence-electron chi connectivity index (χ2n) is 5.99. The molecule has 2 heteroatoms. The van der Waals surface area contributed by atoms with Gasteiger partial charge in [-0.3, -0.25) is 0 Å². The van der Waals surface area contributed by atoms with Gasteiger partial charge in [0.25, 0.3) is 0 Å². The third-order valence-corrected chi connectivity index (χ3v) is 3.97. The number of rotatable bonds is 4. The van der Waals surface area contributed by atoms with E-state index in [0.29, 0.717) is 6.61 Å². The van der Waals surface area contributed by atoms with Crippen molar-refractivity contribution < 1.29 is 4.74 Å². The van der Waals surface area contributed by atoms with Gasteiger partial charge in [0.15, 0.2) is 0 Å². The SMILES string of the molecule is Cc1cc(C)c(OCC(N)c2ccc(C)c(C)c2)c(C)c1. The number of aryl methyl sites for hydroxylation is 5. The fraction of sp³-hybridized carbons (Fsp3) is 0.368. The van der Waals surface area contributed by atoms with E-state index in [4.69, 9.17) is 10.5 Å². The third kappa shape index (κ3) is 3.64. The maximum Gasteiger partial charge on any atom is 0.125 e. The smallest absolute Gasteiger partial charge is 0.125 e. The Morgan fingerprint density at radius 3 is 2.05 bits per heavy atom. The summed E-state index contributed by atoms with van der Waals surface area (Å²) in [6.45, 7) is 11.0. The molecule has 0 amide bonds. The van der Waals surface area contributed by atoms with Crippen LogP contribution in [0.4, 0.5) is 0 Å². The minimum Gasteiger partial charge on any atom is -0.491 e. The van der Waals surface area contributed by atoms with E-state index in [-0.39, 0.29) is 6.04 Å². The second-order valence-corrected chi connectivity index (χ2v) is 5.99. The largest absolute Gasteiger partial charge is 0.491 e. The molecule has 0 aliphatic rings. The molecular weight excluding hydrogens is 258 g/mol. The molecule has 2 nitrogen and oxygen atoms in total. The zero-order chi connectivity index (χ0) is 15.6. The summed E-state index contributed by atoms with van der Waals surface area (Å²) in [5.41, 5.74) is 13.5. The lowest BCUT2D eigenvalue weighted by Crippen LogP contribution is -2.19. The van der Waals surface area contributed by atoms with Crippen molar-refractivity contribution in [3.05, 3.63) is 63.7 Å². The van der Waals surface area contributed by atoms with Crippen LogP contribution in [-0.4, -0.2) is 6.61 Å². The molecule has 1 unspecified atom stereocenters. The summed E-state index contributed by atoms with van der Waals surface area (Å²) in [6, 6.07) is 10.5. The van der Waals surface area contributed by atoms with E-state index in [1.54, 1.807) is 0 Å². The van der Waals surface area contributed by atoms with Crippen molar-refractivity contribution in [2.24, 2.45) is 5.73 Å². The molecule has 0 fully saturated rings. The molecule has 0 spiro atoms. The number of hydrogen-bond acceptors (Lipinski definition) is 2. The van der Waals surface area contributed by atoms with Crippen molar-refractivity contribution in [2.75, 3.05) is 6.61 Å². The van der Waals surface area contributed by atoms with Gasteiger partial charge in [-0.2, -0.15) is 0 Å². The average molecular weight is 283 g/mol. The van der Waals surface area contributed by atoms with Gasteiger partial charge >= 0.3 is 0 Å². The number of ether oxygens (including phenoxy) is 1. The Bertz CT molecular complexity index is 623. The van der Waals surface area contributed by atoms with Crippen molar-refractivity contribution in [2.45, 2.75) is 40.7 Å². The molecule has 0 bridgehead atoms. The maximum absolute atomic E-state index is 6.27. The highest BCUT2D eigenvalue weighted by Gasteiger charge is 2.11. The first-order valence-corrected chi connectivity index (χ1v) is 7.42. The van der Waals surface area contributed by atoms with Crippen molar-refractivity contribution in [3.8, 4) is 5.75 Å². The Balaban J connectivity index is 2.11. The van der Waals surface area contributed by atoms with Gasteiger partial charge in [-0.1, -0.05) is 35.9 Å². The highest BCUT2D eigenvalue weighted by atomic mass is 16.5. The average Bonchev–Trinajstić information content (AvgIpc) is 2.40. The molecule has 2 rings (SSSR count). The zero-order valence-corrected chi connectivity index (χ0v) is 13.7. The second kappa shape index (κ2) is 6.31. The first-order valence-electron chi connectivity index (χ1n) is 7.42. The van der Waals surface area contributed by atoms with Gasteiger partial charge in [-0.05, 0) is 62.4 Å². The maximum atomic E-state index is 6.27. The summed E-state index contributed by atoms with van der Waals surface area (Å²) in [5, 5.41) is 0. The van der Waals surface area contributed by atoms with Gasteiger partial charge in [0, 0.05) is 0 Å². The van der Waals surface area contributed by atoms with Crippen LogP contribution in [0, 0.1) is 34.6 Å². The van der Waals surface area contributed by atoms with Crippen molar-refractivity contribution in [1.29, 1.82) is 0 Å². The van der Waals surface area contributed by atoms with Crippen LogP contribution in [0.2, 0.25) is 0 Å². The standard InChI is InChI=1S/C19H25NO/c1-12-8-15(4)19(16(5)9-12)21-11-18(20)17-7-6-13(2)14(3)10-17/h6-10,18H,11,20H2,1-5H3. The van der Waals surface area contributed by atoms with Crippen molar-refractivity contribution >= 4 is 0 Å². The Hall–Kier alpha value is -1.80. The predicted molar refractivity (Wildman–Crippen MR) is 89.0 cm³/mol. The quantitative estimate of drug-likeness (QED) is 0.907. The van der Waals surface area contributed by atoms with Gasteiger partial charge in [-0.15, -0.1) is 0 Å². The Morgan fingerprint density at radius 2 is 1.48 bits per heavy atom. The molecular formula is C19H25NO. The lowest BCUT2D eigenvalue weighted by atomic mass is 10.0. The first kappa shape index (κ1) is 15.6. The molecule has 0 radical (unpaired) electrons. The molecule has 0 saturated heterocycles. The Labute approximate surface area is 127 Å². The van der Waals surface area contributed by atoms with E-state index in [1.807, 2.05) is 0 Å². The molecule has 0 aromatic heterocycles. The van der Waals surface area contributed by atoms with Gasteiger partial charge in [-0.25, -0.2) is 0 Å². The molecule has 2 N–H and O–H groups in total. The summed E-state index contributed by atoms with van der Waals surface area (Å²) < 4.78 is 5.98. The van der Waals surface area contributed by atoms with Gasteiger partial charge in [0.2, 0.25) is 0 Å². The van der Waals surface area contributed by atoms with Crippen LogP contribution in [0.5, 0.6) is 5.75 Å². The summed E-state index contributed by atoms with van der Waals surface area (Å²) in [4.78, 5) is 0. The van der Waals surface area contributed by atoms with Crippen LogP contribution < -0.4 is 10.5 Å². The summed E-state index contributed by atoms with van der Waals surface area (Å²) in [7, 11) is 0. The van der Waals surface area contributed by atoms with Crippen molar-refractivity contribution in [3.63, 3.8) is 0 Å². The molecule has 0 aliphatic carbocycles.